The van der Waals surface area contributed by atoms with Crippen molar-refractivity contribution in [2.75, 3.05) is 13.2 Å². The fourth-order valence-corrected chi connectivity index (χ4v) is 4.36. The van der Waals surface area contributed by atoms with Gasteiger partial charge >= 0.3 is 5.97 Å². The molecule has 1 aliphatic carbocycles. The summed E-state index contributed by atoms with van der Waals surface area (Å²) in [5.41, 5.74) is -1.31. The zero-order valence-electron chi connectivity index (χ0n) is 18.6. The molecule has 0 radical (unpaired) electrons. The molecule has 0 unspecified atom stereocenters. The molecule has 2 rings (SSSR count). The number of nitrogens with zero attached hydrogens (tertiary/aromatic N) is 1. The number of nitriles is 1. The fourth-order valence-electron chi connectivity index (χ4n) is 4.36. The Kier molecular flexibility index (Phi) is 11.0. The van der Waals surface area contributed by atoms with Gasteiger partial charge in [-0.2, -0.15) is 5.26 Å². The van der Waals surface area contributed by atoms with Gasteiger partial charge in [0.15, 0.2) is 6.29 Å². The van der Waals surface area contributed by atoms with Crippen LogP contribution in [0.2, 0.25) is 0 Å². The molecule has 1 heterocycles. The maximum absolute atomic E-state index is 12.7. The second-order valence-electron chi connectivity index (χ2n) is 8.99. The Labute approximate surface area is 177 Å². The molecule has 0 N–H and O–H groups in total. The van der Waals surface area contributed by atoms with E-state index < -0.39 is 11.4 Å². The minimum atomic E-state index is -1.31. The lowest BCUT2D eigenvalue weighted by Crippen LogP contribution is -2.48. The van der Waals surface area contributed by atoms with Gasteiger partial charge in [0.05, 0.1) is 19.3 Å². The largest absolute Gasteiger partial charge is 0.461 e. The van der Waals surface area contributed by atoms with Crippen molar-refractivity contribution in [2.45, 2.75) is 116 Å². The van der Waals surface area contributed by atoms with Gasteiger partial charge in [0.2, 0.25) is 5.41 Å². The third-order valence-corrected chi connectivity index (χ3v) is 6.46. The highest BCUT2D eigenvalue weighted by Crippen LogP contribution is 2.33. The Hall–Kier alpha value is -1.12. The second kappa shape index (κ2) is 13.2. The Morgan fingerprint density at radius 1 is 0.931 bits per heavy atom. The van der Waals surface area contributed by atoms with Gasteiger partial charge < -0.3 is 14.2 Å². The molecule has 0 spiro atoms. The number of ether oxygens (including phenoxy) is 3. The van der Waals surface area contributed by atoms with Crippen LogP contribution in [0.4, 0.5) is 0 Å². The maximum atomic E-state index is 12.7. The summed E-state index contributed by atoms with van der Waals surface area (Å²) in [5, 5.41) is 9.63. The summed E-state index contributed by atoms with van der Waals surface area (Å²) < 4.78 is 17.1. The van der Waals surface area contributed by atoms with Crippen LogP contribution in [0, 0.1) is 22.7 Å². The van der Waals surface area contributed by atoms with Crippen LogP contribution in [-0.4, -0.2) is 31.6 Å². The lowest BCUT2D eigenvalue weighted by molar-refractivity contribution is -0.228. The molecule has 0 aromatic rings. The predicted octanol–water partition coefficient (Wildman–Crippen LogP) is 5.91. The first-order chi connectivity index (χ1) is 14.1. The molecule has 0 bridgehead atoms. The van der Waals surface area contributed by atoms with E-state index in [2.05, 4.69) is 19.9 Å². The van der Waals surface area contributed by atoms with Crippen LogP contribution < -0.4 is 0 Å². The van der Waals surface area contributed by atoms with Crippen LogP contribution in [-0.2, 0) is 19.0 Å². The van der Waals surface area contributed by atoms with Gasteiger partial charge in [0, 0.05) is 0 Å². The highest BCUT2D eigenvalue weighted by atomic mass is 16.7. The number of carbonyl (C=O) groups excluding carboxylic acids is 1. The van der Waals surface area contributed by atoms with Crippen molar-refractivity contribution in [3.8, 4) is 6.07 Å². The molecule has 1 saturated carbocycles. The Balaban J connectivity index is 1.68. The van der Waals surface area contributed by atoms with Crippen molar-refractivity contribution in [1.29, 1.82) is 5.26 Å². The van der Waals surface area contributed by atoms with Crippen LogP contribution in [0.3, 0.4) is 0 Å². The molecule has 5 heteroatoms. The number of esters is 1. The average molecular weight is 408 g/mol. The van der Waals surface area contributed by atoms with Crippen molar-refractivity contribution in [3.63, 3.8) is 0 Å². The average Bonchev–Trinajstić information content (AvgIpc) is 2.75. The van der Waals surface area contributed by atoms with E-state index >= 15 is 0 Å². The second-order valence-corrected chi connectivity index (χ2v) is 8.99. The predicted molar refractivity (Wildman–Crippen MR) is 113 cm³/mol. The summed E-state index contributed by atoms with van der Waals surface area (Å²) in [5.74, 6) is 0.303. The summed E-state index contributed by atoms with van der Waals surface area (Å²) in [7, 11) is 0. The Bertz CT molecular complexity index is 500. The molecule has 0 amide bonds. The molecule has 5 nitrogen and oxygen atoms in total. The first-order valence-electron chi connectivity index (χ1n) is 12.0. The number of carbonyl (C=O) groups is 1. The monoisotopic (exact) mass is 407 g/mol. The van der Waals surface area contributed by atoms with Crippen molar-refractivity contribution >= 4 is 5.97 Å². The van der Waals surface area contributed by atoms with E-state index in [4.69, 9.17) is 14.2 Å². The molecule has 0 atom stereocenters. The van der Waals surface area contributed by atoms with Crippen molar-refractivity contribution in [3.05, 3.63) is 0 Å². The van der Waals surface area contributed by atoms with Gasteiger partial charge in [-0.05, 0) is 44.4 Å². The number of hydrogen-bond acceptors (Lipinski definition) is 5. The first kappa shape index (κ1) is 24.2. The van der Waals surface area contributed by atoms with E-state index in [9.17, 15) is 10.1 Å². The van der Waals surface area contributed by atoms with E-state index in [0.29, 0.717) is 0 Å². The molecule has 2 fully saturated rings. The van der Waals surface area contributed by atoms with E-state index in [1.165, 1.54) is 38.5 Å². The van der Waals surface area contributed by atoms with Crippen LogP contribution in [0.5, 0.6) is 0 Å². The number of rotatable bonds is 12. The van der Waals surface area contributed by atoms with Gasteiger partial charge in [-0.15, -0.1) is 0 Å². The molecule has 2 aliphatic rings. The fraction of sp³-hybridized carbons (Fsp3) is 0.917. The third-order valence-electron chi connectivity index (χ3n) is 6.46. The van der Waals surface area contributed by atoms with E-state index in [-0.39, 0.29) is 25.6 Å². The van der Waals surface area contributed by atoms with E-state index in [1.54, 1.807) is 0 Å². The smallest absolute Gasteiger partial charge is 0.331 e. The molecule has 166 valence electrons. The molecule has 0 aromatic carbocycles. The Morgan fingerprint density at radius 2 is 1.52 bits per heavy atom. The zero-order chi connectivity index (χ0) is 21.0. The van der Waals surface area contributed by atoms with E-state index in [0.717, 1.165) is 57.3 Å². The molecule has 1 aliphatic heterocycles. The SMILES string of the molecule is CCCCCCCC1CCC(OC(=O)[C@]2(C#N)CO[C@H](CCCCC)OC2)CC1. The highest BCUT2D eigenvalue weighted by molar-refractivity contribution is 5.80. The molecular weight excluding hydrogens is 366 g/mol. The standard InChI is InChI=1S/C24H41NO4/c1-3-5-7-8-10-11-20-13-15-21(16-14-20)29-23(26)24(17-25)18-27-22(28-19-24)12-9-6-4-2/h20-22H,3-16,18-19H2,1-2H3/t20?,21?,22-,24+. The molecule has 1 saturated heterocycles. The van der Waals surface area contributed by atoms with Crippen molar-refractivity contribution < 1.29 is 19.0 Å². The topological polar surface area (TPSA) is 68.6 Å². The van der Waals surface area contributed by atoms with Gasteiger partial charge in [-0.3, -0.25) is 4.79 Å². The quantitative estimate of drug-likeness (QED) is 0.297. The normalized spacial score (nSPS) is 29.9. The third kappa shape index (κ3) is 7.90. The van der Waals surface area contributed by atoms with Crippen molar-refractivity contribution in [2.24, 2.45) is 11.3 Å². The van der Waals surface area contributed by atoms with Crippen LogP contribution >= 0.6 is 0 Å². The van der Waals surface area contributed by atoms with Crippen LogP contribution in [0.1, 0.15) is 104 Å². The van der Waals surface area contributed by atoms with E-state index in [1.807, 2.05) is 0 Å². The number of hydrogen-bond donors (Lipinski definition) is 0. The summed E-state index contributed by atoms with van der Waals surface area (Å²) >= 11 is 0. The minimum absolute atomic E-state index is 0.0636. The first-order valence-corrected chi connectivity index (χ1v) is 12.0. The highest BCUT2D eigenvalue weighted by Gasteiger charge is 2.46. The molecule has 29 heavy (non-hydrogen) atoms. The zero-order valence-corrected chi connectivity index (χ0v) is 18.6. The van der Waals surface area contributed by atoms with Crippen LogP contribution in [0.15, 0.2) is 0 Å². The van der Waals surface area contributed by atoms with Gasteiger partial charge in [-0.1, -0.05) is 65.2 Å². The van der Waals surface area contributed by atoms with Crippen molar-refractivity contribution in [1.82, 2.24) is 0 Å². The Morgan fingerprint density at radius 3 is 2.14 bits per heavy atom. The summed E-state index contributed by atoms with van der Waals surface area (Å²) in [4.78, 5) is 12.7. The van der Waals surface area contributed by atoms with Gasteiger partial charge in [0.1, 0.15) is 6.10 Å². The molecule has 0 aromatic heterocycles. The summed E-state index contributed by atoms with van der Waals surface area (Å²) in [6, 6.07) is 2.12. The number of unbranched alkanes of at least 4 members (excludes halogenated alkanes) is 6. The minimum Gasteiger partial charge on any atom is -0.461 e. The summed E-state index contributed by atoms with van der Waals surface area (Å²) in [6.07, 6.45) is 15.8. The summed E-state index contributed by atoms with van der Waals surface area (Å²) in [6.45, 7) is 4.55. The maximum Gasteiger partial charge on any atom is 0.331 e. The lowest BCUT2D eigenvalue weighted by atomic mass is 9.83. The molecular formula is C24H41NO4. The van der Waals surface area contributed by atoms with Gasteiger partial charge in [0.25, 0.3) is 0 Å². The van der Waals surface area contributed by atoms with Crippen LogP contribution in [0.25, 0.3) is 0 Å². The van der Waals surface area contributed by atoms with Gasteiger partial charge in [-0.25, -0.2) is 0 Å². The lowest BCUT2D eigenvalue weighted by Gasteiger charge is -2.35.